The molecule has 0 aromatic heterocycles. The molecular formula is C15H12N2O4. The molecule has 0 bridgehead atoms. The van der Waals surface area contributed by atoms with Crippen LogP contribution in [0.3, 0.4) is 0 Å². The van der Waals surface area contributed by atoms with E-state index in [2.05, 4.69) is 15.0 Å². The van der Waals surface area contributed by atoms with Gasteiger partial charge in [0, 0.05) is 0 Å². The molecule has 0 fully saturated rings. The Kier molecular flexibility index (Phi) is 4.40. The molecule has 0 aliphatic carbocycles. The first-order chi connectivity index (χ1) is 10.1. The number of rotatable bonds is 4. The zero-order chi connectivity index (χ0) is 15.2. The summed E-state index contributed by atoms with van der Waals surface area (Å²) in [6, 6.07) is 12.5. The largest absolute Gasteiger partial charge is 0.478 e. The Balaban J connectivity index is 2.10. The molecular weight excluding hydrogens is 272 g/mol. The van der Waals surface area contributed by atoms with E-state index >= 15 is 0 Å². The Morgan fingerprint density at radius 3 is 1.67 bits per heavy atom. The number of esters is 1. The molecule has 0 saturated carbocycles. The molecule has 0 saturated heterocycles. The minimum atomic E-state index is -0.989. The molecule has 2 aromatic carbocycles. The van der Waals surface area contributed by atoms with Crippen molar-refractivity contribution in [1.82, 2.24) is 0 Å². The van der Waals surface area contributed by atoms with Gasteiger partial charge in [0.15, 0.2) is 0 Å². The van der Waals surface area contributed by atoms with Crippen LogP contribution in [-0.4, -0.2) is 24.2 Å². The van der Waals surface area contributed by atoms with Crippen molar-refractivity contribution < 1.29 is 19.4 Å². The summed E-state index contributed by atoms with van der Waals surface area (Å²) >= 11 is 0. The topological polar surface area (TPSA) is 88.3 Å². The fourth-order valence-corrected chi connectivity index (χ4v) is 1.57. The summed E-state index contributed by atoms with van der Waals surface area (Å²) in [6.07, 6.45) is 0. The lowest BCUT2D eigenvalue weighted by atomic mass is 10.2. The lowest BCUT2D eigenvalue weighted by molar-refractivity contribution is 0.0600. The minimum Gasteiger partial charge on any atom is -0.478 e. The van der Waals surface area contributed by atoms with Gasteiger partial charge in [-0.25, -0.2) is 9.59 Å². The number of carboxylic acids is 1. The maximum Gasteiger partial charge on any atom is 0.337 e. The maximum absolute atomic E-state index is 11.3. The predicted molar refractivity (Wildman–Crippen MR) is 75.4 cm³/mol. The van der Waals surface area contributed by atoms with Crippen LogP contribution in [0.15, 0.2) is 58.8 Å². The molecule has 21 heavy (non-hydrogen) atoms. The van der Waals surface area contributed by atoms with Crippen molar-refractivity contribution in [3.05, 3.63) is 59.7 Å². The van der Waals surface area contributed by atoms with Gasteiger partial charge in [0.25, 0.3) is 0 Å². The molecule has 0 unspecified atom stereocenters. The molecule has 0 aliphatic heterocycles. The maximum atomic E-state index is 11.3. The van der Waals surface area contributed by atoms with Gasteiger partial charge in [-0.2, -0.15) is 10.2 Å². The molecule has 2 rings (SSSR count). The van der Waals surface area contributed by atoms with Crippen LogP contribution in [-0.2, 0) is 4.74 Å². The van der Waals surface area contributed by atoms with E-state index < -0.39 is 11.9 Å². The van der Waals surface area contributed by atoms with Gasteiger partial charge in [0.1, 0.15) is 0 Å². The number of aromatic carboxylic acids is 1. The molecule has 0 radical (unpaired) electrons. The number of nitrogens with zero attached hydrogens (tertiary/aromatic N) is 2. The van der Waals surface area contributed by atoms with Crippen molar-refractivity contribution in [3.8, 4) is 0 Å². The second-order valence-electron chi connectivity index (χ2n) is 4.09. The lowest BCUT2D eigenvalue weighted by Crippen LogP contribution is -1.99. The van der Waals surface area contributed by atoms with Crippen molar-refractivity contribution in [1.29, 1.82) is 0 Å². The lowest BCUT2D eigenvalue weighted by Gasteiger charge is -1.99. The van der Waals surface area contributed by atoms with E-state index in [0.717, 1.165) is 0 Å². The number of carbonyl (C=O) groups excluding carboxylic acids is 1. The number of hydrogen-bond donors (Lipinski definition) is 1. The Morgan fingerprint density at radius 2 is 1.29 bits per heavy atom. The van der Waals surface area contributed by atoms with Crippen molar-refractivity contribution in [2.75, 3.05) is 7.11 Å². The highest BCUT2D eigenvalue weighted by molar-refractivity contribution is 5.89. The van der Waals surface area contributed by atoms with E-state index in [4.69, 9.17) is 5.11 Å². The van der Waals surface area contributed by atoms with Crippen LogP contribution in [0.1, 0.15) is 20.7 Å². The van der Waals surface area contributed by atoms with Gasteiger partial charge in [0.05, 0.1) is 29.6 Å². The summed E-state index contributed by atoms with van der Waals surface area (Å²) in [4.78, 5) is 22.0. The van der Waals surface area contributed by atoms with Gasteiger partial charge in [-0.1, -0.05) is 0 Å². The average Bonchev–Trinajstić information content (AvgIpc) is 2.53. The Hall–Kier alpha value is -3.02. The fourth-order valence-electron chi connectivity index (χ4n) is 1.57. The number of hydrogen-bond acceptors (Lipinski definition) is 5. The summed E-state index contributed by atoms with van der Waals surface area (Å²) in [5.41, 5.74) is 1.74. The van der Waals surface area contributed by atoms with Gasteiger partial charge in [-0.05, 0) is 48.5 Å². The van der Waals surface area contributed by atoms with Crippen molar-refractivity contribution in [2.24, 2.45) is 10.2 Å². The van der Waals surface area contributed by atoms with Crippen molar-refractivity contribution >= 4 is 23.3 Å². The van der Waals surface area contributed by atoms with Gasteiger partial charge in [-0.15, -0.1) is 0 Å². The minimum absolute atomic E-state index is 0.191. The third-order valence-corrected chi connectivity index (χ3v) is 2.68. The smallest absolute Gasteiger partial charge is 0.337 e. The van der Waals surface area contributed by atoms with E-state index in [9.17, 15) is 9.59 Å². The summed E-state index contributed by atoms with van der Waals surface area (Å²) in [7, 11) is 1.32. The van der Waals surface area contributed by atoms with E-state index in [1.165, 1.54) is 19.2 Å². The second-order valence-corrected chi connectivity index (χ2v) is 4.09. The fraction of sp³-hybridized carbons (Fsp3) is 0.0667. The number of carbonyl (C=O) groups is 2. The normalized spacial score (nSPS) is 10.5. The average molecular weight is 284 g/mol. The number of carboxylic acid groups (broad SMARTS) is 1. The number of methoxy groups -OCH3 is 1. The standard InChI is InChI=1S/C15H12N2O4/c1-21-15(20)11-4-8-13(9-5-11)17-16-12-6-2-10(3-7-12)14(18)19/h2-9H,1H3,(H,18,19)/b17-16+. The van der Waals surface area contributed by atoms with Crippen LogP contribution in [0.2, 0.25) is 0 Å². The van der Waals surface area contributed by atoms with Gasteiger partial charge >= 0.3 is 11.9 Å². The van der Waals surface area contributed by atoms with Gasteiger partial charge in [0.2, 0.25) is 0 Å². The molecule has 2 aromatic rings. The van der Waals surface area contributed by atoms with E-state index in [1.54, 1.807) is 36.4 Å². The first kappa shape index (κ1) is 14.4. The number of azo groups is 1. The summed E-state index contributed by atoms with van der Waals surface area (Å²) in [5.74, 6) is -1.40. The first-order valence-corrected chi connectivity index (χ1v) is 6.03. The quantitative estimate of drug-likeness (QED) is 0.686. The van der Waals surface area contributed by atoms with Gasteiger partial charge < -0.3 is 9.84 Å². The zero-order valence-corrected chi connectivity index (χ0v) is 11.2. The third kappa shape index (κ3) is 3.73. The van der Waals surface area contributed by atoms with E-state index in [-0.39, 0.29) is 5.56 Å². The summed E-state index contributed by atoms with van der Waals surface area (Å²) < 4.78 is 4.59. The molecule has 0 spiro atoms. The van der Waals surface area contributed by atoms with Crippen LogP contribution < -0.4 is 0 Å². The zero-order valence-electron chi connectivity index (χ0n) is 11.2. The molecule has 1 N–H and O–H groups in total. The predicted octanol–water partition coefficient (Wildman–Crippen LogP) is 3.59. The van der Waals surface area contributed by atoms with E-state index in [0.29, 0.717) is 16.9 Å². The van der Waals surface area contributed by atoms with Crippen LogP contribution in [0.5, 0.6) is 0 Å². The van der Waals surface area contributed by atoms with Crippen LogP contribution >= 0.6 is 0 Å². The van der Waals surface area contributed by atoms with E-state index in [1.807, 2.05) is 0 Å². The first-order valence-electron chi connectivity index (χ1n) is 6.03. The number of benzene rings is 2. The van der Waals surface area contributed by atoms with Crippen molar-refractivity contribution in [3.63, 3.8) is 0 Å². The molecule has 0 heterocycles. The van der Waals surface area contributed by atoms with Crippen molar-refractivity contribution in [2.45, 2.75) is 0 Å². The van der Waals surface area contributed by atoms with Crippen LogP contribution in [0.4, 0.5) is 11.4 Å². The molecule has 0 atom stereocenters. The second kappa shape index (κ2) is 6.42. The Bertz CT molecular complexity index is 676. The molecule has 106 valence electrons. The third-order valence-electron chi connectivity index (χ3n) is 2.68. The Morgan fingerprint density at radius 1 is 0.857 bits per heavy atom. The highest BCUT2D eigenvalue weighted by Crippen LogP contribution is 2.19. The molecule has 6 nitrogen and oxygen atoms in total. The molecule has 0 aliphatic rings. The monoisotopic (exact) mass is 284 g/mol. The summed E-state index contributed by atoms with van der Waals surface area (Å²) in [6.45, 7) is 0. The SMILES string of the molecule is COC(=O)c1ccc(/N=N/c2ccc(C(=O)O)cc2)cc1. The Labute approximate surface area is 120 Å². The van der Waals surface area contributed by atoms with Gasteiger partial charge in [-0.3, -0.25) is 0 Å². The molecule has 6 heteroatoms. The highest BCUT2D eigenvalue weighted by atomic mass is 16.5. The summed E-state index contributed by atoms with van der Waals surface area (Å²) in [5, 5.41) is 16.8. The number of ether oxygens (including phenoxy) is 1. The highest BCUT2D eigenvalue weighted by Gasteiger charge is 2.04. The van der Waals surface area contributed by atoms with Crippen LogP contribution in [0, 0.1) is 0 Å². The van der Waals surface area contributed by atoms with Crippen LogP contribution in [0.25, 0.3) is 0 Å². The molecule has 0 amide bonds.